The average Bonchev–Trinajstić information content (AvgIpc) is 2.82. The molecule has 1 heterocycles. The van der Waals surface area contributed by atoms with Crippen molar-refractivity contribution in [2.45, 2.75) is 37.6 Å². The fourth-order valence-corrected chi connectivity index (χ4v) is 4.92. The van der Waals surface area contributed by atoms with Gasteiger partial charge in [-0.15, -0.1) is 0 Å². The van der Waals surface area contributed by atoms with E-state index in [0.717, 1.165) is 12.8 Å². The second kappa shape index (κ2) is 10.9. The minimum absolute atomic E-state index is 0.00771. The first-order valence-electron chi connectivity index (χ1n) is 11.0. The number of piperidine rings is 1. The topological polar surface area (TPSA) is 94.2 Å². The third-order valence-electron chi connectivity index (χ3n) is 5.70. The van der Waals surface area contributed by atoms with Gasteiger partial charge in [-0.1, -0.05) is 6.92 Å². The zero-order chi connectivity index (χ0) is 24.0. The molecular formula is C24H32N2O6S. The van der Waals surface area contributed by atoms with E-state index >= 15 is 0 Å². The van der Waals surface area contributed by atoms with Crippen LogP contribution in [0.4, 0.5) is 0 Å². The van der Waals surface area contributed by atoms with E-state index in [9.17, 15) is 13.2 Å². The van der Waals surface area contributed by atoms with Gasteiger partial charge in [0.2, 0.25) is 10.0 Å². The number of methoxy groups -OCH3 is 2. The number of carbonyl (C=O) groups is 1. The molecule has 180 valence electrons. The third-order valence-corrected chi connectivity index (χ3v) is 7.29. The molecule has 3 rings (SSSR count). The zero-order valence-electron chi connectivity index (χ0n) is 19.5. The van der Waals surface area contributed by atoms with Crippen molar-refractivity contribution in [3.8, 4) is 17.2 Å². The molecular weight excluding hydrogens is 444 g/mol. The van der Waals surface area contributed by atoms with Crippen LogP contribution in [0.25, 0.3) is 0 Å². The number of ether oxygens (including phenoxy) is 3. The Morgan fingerprint density at radius 1 is 1.06 bits per heavy atom. The summed E-state index contributed by atoms with van der Waals surface area (Å²) in [6, 6.07) is 10.9. The summed E-state index contributed by atoms with van der Waals surface area (Å²) < 4.78 is 44.7. The average molecular weight is 477 g/mol. The number of likely N-dealkylation sites (tertiary alicyclic amines) is 1. The van der Waals surface area contributed by atoms with Gasteiger partial charge in [-0.3, -0.25) is 4.79 Å². The van der Waals surface area contributed by atoms with Crippen LogP contribution in [-0.2, 0) is 10.0 Å². The molecule has 0 unspecified atom stereocenters. The van der Waals surface area contributed by atoms with E-state index in [1.807, 2.05) is 0 Å². The van der Waals surface area contributed by atoms with Gasteiger partial charge in [-0.05, 0) is 68.1 Å². The summed E-state index contributed by atoms with van der Waals surface area (Å²) in [5, 5.41) is 0. The van der Waals surface area contributed by atoms with E-state index in [1.54, 1.807) is 43.2 Å². The Morgan fingerprint density at radius 3 is 2.30 bits per heavy atom. The summed E-state index contributed by atoms with van der Waals surface area (Å²) in [5.41, 5.74) is 0.247. The van der Waals surface area contributed by atoms with Crippen LogP contribution < -0.4 is 18.9 Å². The predicted octanol–water partition coefficient (Wildman–Crippen LogP) is 3.32. The van der Waals surface area contributed by atoms with Crippen LogP contribution in [0.3, 0.4) is 0 Å². The van der Waals surface area contributed by atoms with Crippen LogP contribution in [0.2, 0.25) is 0 Å². The van der Waals surface area contributed by atoms with Crippen molar-refractivity contribution >= 4 is 15.9 Å². The van der Waals surface area contributed by atoms with Crippen molar-refractivity contribution in [2.75, 3.05) is 33.9 Å². The van der Waals surface area contributed by atoms with Crippen LogP contribution in [0, 0.1) is 5.92 Å². The molecule has 1 saturated heterocycles. The summed E-state index contributed by atoms with van der Waals surface area (Å²) in [6.45, 7) is 5.32. The second-order valence-corrected chi connectivity index (χ2v) is 10.1. The molecule has 2 aromatic rings. The van der Waals surface area contributed by atoms with Crippen molar-refractivity contribution in [1.82, 2.24) is 9.62 Å². The van der Waals surface area contributed by atoms with E-state index in [2.05, 4.69) is 11.6 Å². The van der Waals surface area contributed by atoms with Crippen LogP contribution >= 0.6 is 0 Å². The Balaban J connectivity index is 1.69. The molecule has 0 bridgehead atoms. The fourth-order valence-electron chi connectivity index (χ4n) is 3.66. The second-order valence-electron chi connectivity index (χ2n) is 8.35. The molecule has 1 fully saturated rings. The molecule has 1 aliphatic heterocycles. The van der Waals surface area contributed by atoms with Gasteiger partial charge in [0.25, 0.3) is 5.91 Å². The van der Waals surface area contributed by atoms with Crippen molar-refractivity contribution in [3.63, 3.8) is 0 Å². The highest BCUT2D eigenvalue weighted by atomic mass is 32.2. The number of carbonyl (C=O) groups excluding carboxylic acids is 1. The number of benzene rings is 2. The lowest BCUT2D eigenvalue weighted by Gasteiger charge is -2.30. The van der Waals surface area contributed by atoms with E-state index in [-0.39, 0.29) is 23.0 Å². The Morgan fingerprint density at radius 2 is 1.70 bits per heavy atom. The van der Waals surface area contributed by atoms with Crippen molar-refractivity contribution < 1.29 is 27.4 Å². The van der Waals surface area contributed by atoms with Crippen molar-refractivity contribution in [2.24, 2.45) is 5.92 Å². The summed E-state index contributed by atoms with van der Waals surface area (Å²) in [5.74, 6) is 2.03. The van der Waals surface area contributed by atoms with Crippen LogP contribution in [0.5, 0.6) is 17.2 Å². The summed E-state index contributed by atoms with van der Waals surface area (Å²) in [6.07, 6.45) is 1.86. The first kappa shape index (κ1) is 24.9. The van der Waals surface area contributed by atoms with Gasteiger partial charge in [0, 0.05) is 13.1 Å². The number of nitrogens with one attached hydrogen (secondary N) is 1. The number of rotatable bonds is 9. The van der Waals surface area contributed by atoms with Gasteiger partial charge < -0.3 is 19.1 Å². The summed E-state index contributed by atoms with van der Waals surface area (Å²) in [7, 11) is -0.822. The molecule has 2 aromatic carbocycles. The number of hydrogen-bond donors (Lipinski definition) is 1. The zero-order valence-corrected chi connectivity index (χ0v) is 20.4. The number of amides is 1. The van der Waals surface area contributed by atoms with Crippen molar-refractivity contribution in [1.29, 1.82) is 0 Å². The Labute approximate surface area is 195 Å². The summed E-state index contributed by atoms with van der Waals surface area (Å²) in [4.78, 5) is 14.9. The van der Waals surface area contributed by atoms with E-state index in [4.69, 9.17) is 14.2 Å². The van der Waals surface area contributed by atoms with E-state index in [0.29, 0.717) is 36.3 Å². The van der Waals surface area contributed by atoms with Gasteiger partial charge >= 0.3 is 0 Å². The van der Waals surface area contributed by atoms with Crippen LogP contribution in [0.1, 0.15) is 37.0 Å². The molecule has 1 amide bonds. The van der Waals surface area contributed by atoms with Gasteiger partial charge in [0.15, 0.2) is 0 Å². The highest BCUT2D eigenvalue weighted by molar-refractivity contribution is 7.89. The predicted molar refractivity (Wildman–Crippen MR) is 126 cm³/mol. The first-order chi connectivity index (χ1) is 15.7. The number of hydrogen-bond acceptors (Lipinski definition) is 6. The fraction of sp³-hybridized carbons (Fsp3) is 0.458. The third kappa shape index (κ3) is 6.39. The number of sulfonamides is 1. The van der Waals surface area contributed by atoms with E-state index in [1.165, 1.54) is 25.3 Å². The largest absolute Gasteiger partial charge is 0.497 e. The maximum absolute atomic E-state index is 13.1. The molecule has 9 heteroatoms. The molecule has 1 aliphatic rings. The molecule has 0 radical (unpaired) electrons. The first-order valence-corrected chi connectivity index (χ1v) is 12.5. The minimum Gasteiger partial charge on any atom is -0.497 e. The molecule has 0 aliphatic carbocycles. The lowest BCUT2D eigenvalue weighted by molar-refractivity contribution is 0.0693. The monoisotopic (exact) mass is 476 g/mol. The summed E-state index contributed by atoms with van der Waals surface area (Å²) >= 11 is 0. The van der Waals surface area contributed by atoms with Crippen LogP contribution in [-0.4, -0.2) is 59.2 Å². The van der Waals surface area contributed by atoms with Gasteiger partial charge in [0.05, 0.1) is 30.7 Å². The smallest absolute Gasteiger partial charge is 0.257 e. The quantitative estimate of drug-likeness (QED) is 0.597. The highest BCUT2D eigenvalue weighted by Crippen LogP contribution is 2.26. The Hall–Kier alpha value is -2.78. The molecule has 1 N–H and O–H groups in total. The van der Waals surface area contributed by atoms with Gasteiger partial charge in [-0.2, -0.15) is 0 Å². The van der Waals surface area contributed by atoms with E-state index < -0.39 is 16.1 Å². The minimum atomic E-state index is -3.87. The highest BCUT2D eigenvalue weighted by Gasteiger charge is 2.26. The molecule has 0 spiro atoms. The lowest BCUT2D eigenvalue weighted by Crippen LogP contribution is -2.38. The van der Waals surface area contributed by atoms with Crippen LogP contribution in [0.15, 0.2) is 47.4 Å². The molecule has 0 aromatic heterocycles. The Kier molecular flexibility index (Phi) is 8.20. The SMILES string of the molecule is COc1ccc(OC[C@@H](C)NS(=O)(=O)c2ccc(OC)c(C(=O)N3CCC(C)CC3)c2)cc1. The van der Waals surface area contributed by atoms with Gasteiger partial charge in [0.1, 0.15) is 23.9 Å². The molecule has 0 saturated carbocycles. The van der Waals surface area contributed by atoms with Gasteiger partial charge in [-0.25, -0.2) is 13.1 Å². The number of nitrogens with zero attached hydrogens (tertiary/aromatic N) is 1. The standard InChI is InChI=1S/C24H32N2O6S/c1-17-11-13-26(14-12-17)24(27)22-15-21(9-10-23(22)31-4)33(28,29)25-18(2)16-32-20-7-5-19(30-3)6-8-20/h5-10,15,17-18,25H,11-14,16H2,1-4H3/t18-/m1/s1. The normalized spacial score (nSPS) is 15.7. The van der Waals surface area contributed by atoms with Crippen molar-refractivity contribution in [3.05, 3.63) is 48.0 Å². The maximum atomic E-state index is 13.1. The molecule has 33 heavy (non-hydrogen) atoms. The lowest BCUT2D eigenvalue weighted by atomic mass is 9.98. The Bertz CT molecular complexity index is 1050. The maximum Gasteiger partial charge on any atom is 0.257 e. The molecule has 8 nitrogen and oxygen atoms in total. The molecule has 1 atom stereocenters.